The Kier molecular flexibility index (Phi) is 4.28. The van der Waals surface area contributed by atoms with E-state index < -0.39 is 15.8 Å². The maximum Gasteiger partial charge on any atom is 0.264 e. The summed E-state index contributed by atoms with van der Waals surface area (Å²) in [7, 11) is -3.92. The number of anilines is 1. The van der Waals surface area contributed by atoms with E-state index in [2.05, 4.69) is 9.71 Å². The van der Waals surface area contributed by atoms with Gasteiger partial charge in [-0.15, -0.1) is 0 Å². The Morgan fingerprint density at radius 2 is 2.08 bits per heavy atom. The number of fused-ring (bicyclic) bond motifs is 1. The van der Waals surface area contributed by atoms with Gasteiger partial charge in [-0.3, -0.25) is 4.72 Å². The lowest BCUT2D eigenvalue weighted by atomic mass is 10.2. The van der Waals surface area contributed by atoms with Crippen LogP contribution in [0, 0.1) is 12.7 Å². The molecule has 3 rings (SSSR count). The molecule has 0 unspecified atom stereocenters. The van der Waals surface area contributed by atoms with Crippen molar-refractivity contribution < 1.29 is 12.8 Å². The molecule has 24 heavy (non-hydrogen) atoms. The molecule has 0 atom stereocenters. The first-order chi connectivity index (χ1) is 11.4. The molecule has 2 heterocycles. The molecule has 0 saturated heterocycles. The maximum absolute atomic E-state index is 14.0. The minimum atomic E-state index is -3.92. The third-order valence-corrected chi connectivity index (χ3v) is 5.11. The summed E-state index contributed by atoms with van der Waals surface area (Å²) in [6.45, 7) is 4.40. The second-order valence-electron chi connectivity index (χ2n) is 5.65. The number of hydrogen-bond acceptors (Lipinski definition) is 3. The van der Waals surface area contributed by atoms with Crippen LogP contribution in [0.5, 0.6) is 0 Å². The van der Waals surface area contributed by atoms with Crippen LogP contribution in [0.4, 0.5) is 10.1 Å². The predicted molar refractivity (Wildman–Crippen MR) is 92.0 cm³/mol. The van der Waals surface area contributed by atoms with E-state index in [-0.39, 0.29) is 10.6 Å². The fourth-order valence-corrected chi connectivity index (χ4v) is 3.90. The standard InChI is InChI=1S/C17H18FN3O2S/c1-3-9-21-11-16(13-5-4-8-19-17(13)21)24(22,23)20-15-7-6-12(2)10-14(15)18/h4-8,10-11,20H,3,9H2,1-2H3. The molecule has 0 saturated carbocycles. The number of benzene rings is 1. The highest BCUT2D eigenvalue weighted by Crippen LogP contribution is 2.27. The lowest BCUT2D eigenvalue weighted by Crippen LogP contribution is -2.13. The van der Waals surface area contributed by atoms with Gasteiger partial charge in [0, 0.05) is 24.3 Å². The summed E-state index contributed by atoms with van der Waals surface area (Å²) in [5, 5.41) is 0.519. The third-order valence-electron chi connectivity index (χ3n) is 3.72. The Hall–Kier alpha value is -2.41. The molecule has 3 aromatic rings. The van der Waals surface area contributed by atoms with Crippen LogP contribution in [0.3, 0.4) is 0 Å². The summed E-state index contributed by atoms with van der Waals surface area (Å²) < 4.78 is 43.6. The molecule has 0 aliphatic heterocycles. The first kappa shape index (κ1) is 16.4. The summed E-state index contributed by atoms with van der Waals surface area (Å²) in [5.74, 6) is -0.603. The van der Waals surface area contributed by atoms with Crippen molar-refractivity contribution in [2.75, 3.05) is 4.72 Å². The van der Waals surface area contributed by atoms with E-state index >= 15 is 0 Å². The molecule has 126 valence electrons. The molecule has 1 aromatic carbocycles. The highest BCUT2D eigenvalue weighted by Gasteiger charge is 2.22. The molecule has 0 radical (unpaired) electrons. The lowest BCUT2D eigenvalue weighted by molar-refractivity contribution is 0.598. The fraction of sp³-hybridized carbons (Fsp3) is 0.235. The van der Waals surface area contributed by atoms with Crippen LogP contribution in [0.2, 0.25) is 0 Å². The van der Waals surface area contributed by atoms with Crippen molar-refractivity contribution in [3.05, 3.63) is 54.1 Å². The number of halogens is 1. The minimum Gasteiger partial charge on any atom is -0.331 e. The van der Waals surface area contributed by atoms with Gasteiger partial charge in [0.1, 0.15) is 16.4 Å². The van der Waals surface area contributed by atoms with Crippen LogP contribution in [0.25, 0.3) is 11.0 Å². The third kappa shape index (κ3) is 2.99. The average Bonchev–Trinajstić information content (AvgIpc) is 2.91. The second kappa shape index (κ2) is 6.24. The van der Waals surface area contributed by atoms with Gasteiger partial charge < -0.3 is 4.57 Å². The van der Waals surface area contributed by atoms with Crippen molar-refractivity contribution in [1.82, 2.24) is 9.55 Å². The average molecular weight is 347 g/mol. The van der Waals surface area contributed by atoms with Crippen LogP contribution in [0.1, 0.15) is 18.9 Å². The van der Waals surface area contributed by atoms with Gasteiger partial charge in [-0.1, -0.05) is 13.0 Å². The van der Waals surface area contributed by atoms with Crippen molar-refractivity contribution in [1.29, 1.82) is 0 Å². The Labute approximate surface area is 140 Å². The van der Waals surface area contributed by atoms with E-state index in [0.29, 0.717) is 17.6 Å². The number of nitrogens with zero attached hydrogens (tertiary/aromatic N) is 2. The molecule has 0 aliphatic rings. The van der Waals surface area contributed by atoms with E-state index in [4.69, 9.17) is 0 Å². The van der Waals surface area contributed by atoms with Gasteiger partial charge in [-0.25, -0.2) is 17.8 Å². The summed E-state index contributed by atoms with van der Waals surface area (Å²) in [6.07, 6.45) is 4.02. The zero-order chi connectivity index (χ0) is 17.3. The normalized spacial score (nSPS) is 11.8. The molecule has 0 bridgehead atoms. The topological polar surface area (TPSA) is 64.0 Å². The maximum atomic E-state index is 14.0. The van der Waals surface area contributed by atoms with Crippen molar-refractivity contribution >= 4 is 26.7 Å². The summed E-state index contributed by atoms with van der Waals surface area (Å²) in [6, 6.07) is 7.76. The van der Waals surface area contributed by atoms with E-state index in [1.165, 1.54) is 12.1 Å². The van der Waals surface area contributed by atoms with Crippen LogP contribution in [-0.4, -0.2) is 18.0 Å². The number of sulfonamides is 1. The van der Waals surface area contributed by atoms with Crippen molar-refractivity contribution in [2.24, 2.45) is 0 Å². The van der Waals surface area contributed by atoms with Crippen LogP contribution < -0.4 is 4.72 Å². The second-order valence-corrected chi connectivity index (χ2v) is 7.30. The molecule has 0 spiro atoms. The molecule has 0 aliphatic carbocycles. The molecule has 2 aromatic heterocycles. The van der Waals surface area contributed by atoms with Crippen molar-refractivity contribution in [3.8, 4) is 0 Å². The van der Waals surface area contributed by atoms with Gasteiger partial charge in [-0.05, 0) is 43.2 Å². The minimum absolute atomic E-state index is 0.0686. The van der Waals surface area contributed by atoms with E-state index in [1.807, 2.05) is 6.92 Å². The zero-order valence-corrected chi connectivity index (χ0v) is 14.3. The monoisotopic (exact) mass is 347 g/mol. The molecule has 0 fully saturated rings. The number of nitrogens with one attached hydrogen (secondary N) is 1. The SMILES string of the molecule is CCCn1cc(S(=O)(=O)Nc2ccc(C)cc2F)c2cccnc21. The summed E-state index contributed by atoms with van der Waals surface area (Å²) in [4.78, 5) is 4.36. The van der Waals surface area contributed by atoms with E-state index in [9.17, 15) is 12.8 Å². The summed E-state index contributed by atoms with van der Waals surface area (Å²) in [5.41, 5.74) is 1.25. The van der Waals surface area contributed by atoms with Gasteiger partial charge >= 0.3 is 0 Å². The van der Waals surface area contributed by atoms with Crippen LogP contribution in [-0.2, 0) is 16.6 Å². The Bertz CT molecular complexity index is 996. The highest BCUT2D eigenvalue weighted by molar-refractivity contribution is 7.93. The van der Waals surface area contributed by atoms with Crippen molar-refractivity contribution in [2.45, 2.75) is 31.7 Å². The van der Waals surface area contributed by atoms with E-state index in [1.54, 1.807) is 42.1 Å². The lowest BCUT2D eigenvalue weighted by Gasteiger charge is -2.08. The quantitative estimate of drug-likeness (QED) is 0.765. The van der Waals surface area contributed by atoms with Gasteiger partial charge in [0.25, 0.3) is 10.0 Å². The number of hydrogen-bond donors (Lipinski definition) is 1. The molecule has 7 heteroatoms. The van der Waals surface area contributed by atoms with Crippen LogP contribution >= 0.6 is 0 Å². The first-order valence-corrected chi connectivity index (χ1v) is 9.13. The Morgan fingerprint density at radius 3 is 2.79 bits per heavy atom. The largest absolute Gasteiger partial charge is 0.331 e. The van der Waals surface area contributed by atoms with Gasteiger partial charge in [0.05, 0.1) is 5.69 Å². The first-order valence-electron chi connectivity index (χ1n) is 7.65. The molecular weight excluding hydrogens is 329 g/mol. The molecular formula is C17H18FN3O2S. The van der Waals surface area contributed by atoms with Gasteiger partial charge in [-0.2, -0.15) is 0 Å². The molecule has 1 N–H and O–H groups in total. The smallest absolute Gasteiger partial charge is 0.264 e. The Morgan fingerprint density at radius 1 is 1.29 bits per heavy atom. The zero-order valence-electron chi connectivity index (χ0n) is 13.5. The number of aromatic nitrogens is 2. The van der Waals surface area contributed by atoms with Crippen LogP contribution in [0.15, 0.2) is 47.6 Å². The Balaban J connectivity index is 2.08. The number of aryl methyl sites for hydroxylation is 2. The molecule has 5 nitrogen and oxygen atoms in total. The van der Waals surface area contributed by atoms with Gasteiger partial charge in [0.2, 0.25) is 0 Å². The summed E-state index contributed by atoms with van der Waals surface area (Å²) >= 11 is 0. The highest BCUT2D eigenvalue weighted by atomic mass is 32.2. The predicted octanol–water partition coefficient (Wildman–Crippen LogP) is 3.69. The fourth-order valence-electron chi connectivity index (χ4n) is 2.62. The van der Waals surface area contributed by atoms with Gasteiger partial charge in [0.15, 0.2) is 0 Å². The number of rotatable bonds is 5. The number of pyridine rings is 1. The van der Waals surface area contributed by atoms with Crippen molar-refractivity contribution in [3.63, 3.8) is 0 Å². The van der Waals surface area contributed by atoms with E-state index in [0.717, 1.165) is 12.0 Å². The molecule has 0 amide bonds.